The number of rotatable bonds is 6. The minimum absolute atomic E-state index is 0.0194. The molecule has 5 heteroatoms. The van der Waals surface area contributed by atoms with E-state index < -0.39 is 5.82 Å². The first-order valence-corrected chi connectivity index (χ1v) is 8.25. The number of nitrogens with zero attached hydrogens (tertiary/aromatic N) is 2. The third kappa shape index (κ3) is 5.14. The Morgan fingerprint density at radius 3 is 2.28 bits per heavy atom. The number of amides is 2. The normalized spacial score (nSPS) is 10.6. The summed E-state index contributed by atoms with van der Waals surface area (Å²) in [6, 6.07) is 15.4. The van der Waals surface area contributed by atoms with Crippen molar-refractivity contribution >= 4 is 17.5 Å². The van der Waals surface area contributed by atoms with Crippen molar-refractivity contribution in [2.75, 3.05) is 11.4 Å². The van der Waals surface area contributed by atoms with Gasteiger partial charge in [0.1, 0.15) is 12.4 Å². The van der Waals surface area contributed by atoms with Crippen LogP contribution in [-0.4, -0.2) is 29.3 Å². The van der Waals surface area contributed by atoms with E-state index in [9.17, 15) is 14.0 Å². The summed E-state index contributed by atoms with van der Waals surface area (Å²) in [5.74, 6) is -0.929. The molecule has 0 aliphatic heterocycles. The van der Waals surface area contributed by atoms with Gasteiger partial charge in [0.25, 0.3) is 0 Å². The Morgan fingerprint density at radius 1 is 1.04 bits per heavy atom. The predicted octanol–water partition coefficient (Wildman–Crippen LogP) is 3.62. The van der Waals surface area contributed by atoms with Crippen LogP contribution in [0.2, 0.25) is 0 Å². The molecule has 0 unspecified atom stereocenters. The lowest BCUT2D eigenvalue weighted by Gasteiger charge is -2.30. The number of halogens is 1. The van der Waals surface area contributed by atoms with Crippen LogP contribution in [0.3, 0.4) is 0 Å². The number of hydrogen-bond donors (Lipinski definition) is 0. The molecular formula is C20H23FN2O2. The van der Waals surface area contributed by atoms with E-state index in [0.29, 0.717) is 12.2 Å². The topological polar surface area (TPSA) is 40.6 Å². The van der Waals surface area contributed by atoms with Crippen molar-refractivity contribution in [3.8, 4) is 0 Å². The van der Waals surface area contributed by atoms with Crippen LogP contribution in [0.1, 0.15) is 26.3 Å². The maximum absolute atomic E-state index is 13.5. The van der Waals surface area contributed by atoms with Crippen LogP contribution in [0.15, 0.2) is 54.6 Å². The maximum atomic E-state index is 13.5. The fraction of sp³-hybridized carbons (Fsp3) is 0.300. The smallest absolute Gasteiger partial charge is 0.243 e. The molecule has 0 atom stereocenters. The Bertz CT molecular complexity index is 731. The van der Waals surface area contributed by atoms with Crippen molar-refractivity contribution in [3.63, 3.8) is 0 Å². The first kappa shape index (κ1) is 18.6. The summed E-state index contributed by atoms with van der Waals surface area (Å²) in [4.78, 5) is 27.8. The van der Waals surface area contributed by atoms with E-state index in [-0.39, 0.29) is 24.4 Å². The molecule has 2 aromatic rings. The maximum Gasteiger partial charge on any atom is 0.243 e. The SMILES string of the molecule is CC(=O)N(CC(=O)N(Cc1ccccc1)C(C)C)c1cccc(F)c1. The highest BCUT2D eigenvalue weighted by molar-refractivity contribution is 5.97. The van der Waals surface area contributed by atoms with Crippen molar-refractivity contribution in [2.45, 2.75) is 33.4 Å². The van der Waals surface area contributed by atoms with Crippen molar-refractivity contribution in [2.24, 2.45) is 0 Å². The lowest BCUT2D eigenvalue weighted by atomic mass is 10.2. The average molecular weight is 342 g/mol. The van der Waals surface area contributed by atoms with Crippen molar-refractivity contribution in [1.82, 2.24) is 4.90 Å². The summed E-state index contributed by atoms with van der Waals surface area (Å²) in [6.07, 6.45) is 0. The zero-order valence-corrected chi connectivity index (χ0v) is 14.8. The monoisotopic (exact) mass is 342 g/mol. The molecule has 0 radical (unpaired) electrons. The molecule has 132 valence electrons. The van der Waals surface area contributed by atoms with E-state index in [0.717, 1.165) is 5.56 Å². The van der Waals surface area contributed by atoms with Crippen LogP contribution in [0, 0.1) is 5.82 Å². The quantitative estimate of drug-likeness (QED) is 0.804. The fourth-order valence-electron chi connectivity index (χ4n) is 2.59. The van der Waals surface area contributed by atoms with Crippen LogP contribution in [0.4, 0.5) is 10.1 Å². The summed E-state index contributed by atoms with van der Waals surface area (Å²) in [5, 5.41) is 0. The number of carbonyl (C=O) groups excluding carboxylic acids is 2. The van der Waals surface area contributed by atoms with Crippen molar-refractivity contribution < 1.29 is 14.0 Å². The van der Waals surface area contributed by atoms with Crippen LogP contribution in [0.5, 0.6) is 0 Å². The molecule has 2 rings (SSSR count). The van der Waals surface area contributed by atoms with Crippen molar-refractivity contribution in [1.29, 1.82) is 0 Å². The molecule has 25 heavy (non-hydrogen) atoms. The molecular weight excluding hydrogens is 319 g/mol. The Morgan fingerprint density at radius 2 is 1.72 bits per heavy atom. The number of hydrogen-bond acceptors (Lipinski definition) is 2. The molecule has 0 heterocycles. The summed E-state index contributed by atoms with van der Waals surface area (Å²) in [5.41, 5.74) is 1.40. The fourth-order valence-corrected chi connectivity index (χ4v) is 2.59. The molecule has 0 aliphatic rings. The molecule has 0 bridgehead atoms. The first-order chi connectivity index (χ1) is 11.9. The van der Waals surface area contributed by atoms with Crippen LogP contribution in [0.25, 0.3) is 0 Å². The van der Waals surface area contributed by atoms with Gasteiger partial charge in [-0.25, -0.2) is 4.39 Å². The molecule has 0 N–H and O–H groups in total. The second-order valence-corrected chi connectivity index (χ2v) is 6.19. The Balaban J connectivity index is 2.18. The number of anilines is 1. The van der Waals surface area contributed by atoms with E-state index in [1.54, 1.807) is 11.0 Å². The van der Waals surface area contributed by atoms with Crippen molar-refractivity contribution in [3.05, 3.63) is 66.0 Å². The summed E-state index contributed by atoms with van der Waals surface area (Å²) < 4.78 is 13.5. The van der Waals surface area contributed by atoms with Gasteiger partial charge >= 0.3 is 0 Å². The van der Waals surface area contributed by atoms with Crippen LogP contribution in [-0.2, 0) is 16.1 Å². The molecule has 0 fully saturated rings. The number of benzene rings is 2. The van der Waals surface area contributed by atoms with E-state index in [4.69, 9.17) is 0 Å². The highest BCUT2D eigenvalue weighted by atomic mass is 19.1. The van der Waals surface area contributed by atoms with Gasteiger partial charge < -0.3 is 9.80 Å². The minimum atomic E-state index is -0.443. The van der Waals surface area contributed by atoms with Gasteiger partial charge in [0.15, 0.2) is 0 Å². The lowest BCUT2D eigenvalue weighted by molar-refractivity contribution is -0.133. The molecule has 0 spiro atoms. The van der Waals surface area contributed by atoms with Gasteiger partial charge in [-0.3, -0.25) is 9.59 Å². The third-order valence-electron chi connectivity index (χ3n) is 3.93. The molecule has 4 nitrogen and oxygen atoms in total. The number of carbonyl (C=O) groups is 2. The third-order valence-corrected chi connectivity index (χ3v) is 3.93. The highest BCUT2D eigenvalue weighted by Crippen LogP contribution is 2.17. The average Bonchev–Trinajstić information content (AvgIpc) is 2.57. The Labute approximate surface area is 147 Å². The summed E-state index contributed by atoms with van der Waals surface area (Å²) >= 11 is 0. The largest absolute Gasteiger partial charge is 0.334 e. The molecule has 0 aliphatic carbocycles. The van der Waals surface area contributed by atoms with Gasteiger partial charge in [0, 0.05) is 25.2 Å². The predicted molar refractivity (Wildman–Crippen MR) is 96.6 cm³/mol. The van der Waals surface area contributed by atoms with E-state index >= 15 is 0 Å². The van der Waals surface area contributed by atoms with Gasteiger partial charge in [-0.15, -0.1) is 0 Å². The first-order valence-electron chi connectivity index (χ1n) is 8.25. The Hall–Kier alpha value is -2.69. The van der Waals surface area contributed by atoms with Gasteiger partial charge in [-0.1, -0.05) is 36.4 Å². The zero-order chi connectivity index (χ0) is 18.4. The van der Waals surface area contributed by atoms with E-state index in [2.05, 4.69) is 0 Å². The highest BCUT2D eigenvalue weighted by Gasteiger charge is 2.22. The second-order valence-electron chi connectivity index (χ2n) is 6.19. The molecule has 0 saturated carbocycles. The molecule has 0 aromatic heterocycles. The van der Waals surface area contributed by atoms with Gasteiger partial charge in [0.05, 0.1) is 0 Å². The lowest BCUT2D eigenvalue weighted by Crippen LogP contribution is -2.44. The van der Waals surface area contributed by atoms with Gasteiger partial charge in [-0.2, -0.15) is 0 Å². The molecule has 2 aromatic carbocycles. The molecule has 2 amide bonds. The molecule has 0 saturated heterocycles. The van der Waals surface area contributed by atoms with E-state index in [1.165, 1.54) is 30.0 Å². The second kappa shape index (κ2) is 8.42. The van der Waals surface area contributed by atoms with Gasteiger partial charge in [0.2, 0.25) is 11.8 Å². The van der Waals surface area contributed by atoms with Gasteiger partial charge in [-0.05, 0) is 37.6 Å². The summed E-state index contributed by atoms with van der Waals surface area (Å²) in [7, 11) is 0. The van der Waals surface area contributed by atoms with E-state index in [1.807, 2.05) is 44.2 Å². The minimum Gasteiger partial charge on any atom is -0.334 e. The zero-order valence-electron chi connectivity index (χ0n) is 14.8. The Kier molecular flexibility index (Phi) is 6.28. The standard InChI is InChI=1S/C20H23FN2O2/c1-15(2)22(13-17-8-5-4-6-9-17)20(25)14-23(16(3)24)19-11-7-10-18(21)12-19/h4-12,15H,13-14H2,1-3H3. The van der Waals surface area contributed by atoms with Crippen LogP contribution >= 0.6 is 0 Å². The van der Waals surface area contributed by atoms with Crippen LogP contribution < -0.4 is 4.90 Å². The summed E-state index contributed by atoms with van der Waals surface area (Å²) in [6.45, 7) is 5.58.